The Balaban J connectivity index is 1.36. The summed E-state index contributed by atoms with van der Waals surface area (Å²) in [6.07, 6.45) is 2.83. The van der Waals surface area contributed by atoms with E-state index >= 15 is 0 Å². The highest BCUT2D eigenvalue weighted by Gasteiger charge is 2.50. The van der Waals surface area contributed by atoms with Crippen LogP contribution in [-0.2, 0) is 30.6 Å². The van der Waals surface area contributed by atoms with Gasteiger partial charge in [0, 0.05) is 36.0 Å². The summed E-state index contributed by atoms with van der Waals surface area (Å²) in [6, 6.07) is 7.82. The number of anilines is 1. The van der Waals surface area contributed by atoms with Crippen LogP contribution >= 0.6 is 11.8 Å². The average molecular weight is 513 g/mol. The third-order valence-corrected chi connectivity index (χ3v) is 6.59. The fraction of sp³-hybridized carbons (Fsp3) is 0.227. The van der Waals surface area contributed by atoms with Gasteiger partial charge in [-0.2, -0.15) is 0 Å². The Hall–Kier alpha value is -4.46. The van der Waals surface area contributed by atoms with Crippen LogP contribution in [0.25, 0.3) is 0 Å². The second-order valence-corrected chi connectivity index (χ2v) is 8.75. The molecule has 1 aromatic heterocycles. The van der Waals surface area contributed by atoms with Gasteiger partial charge in [-0.25, -0.2) is 4.79 Å². The maximum Gasteiger partial charge on any atom is 0.336 e. The molecule has 1 fully saturated rings. The number of nitro benzene ring substituents is 1. The Morgan fingerprint density at radius 1 is 1.33 bits per heavy atom. The molecular formula is C22H20N6O7S. The number of esters is 1. The van der Waals surface area contributed by atoms with Gasteiger partial charge < -0.3 is 25.5 Å². The third kappa shape index (κ3) is 5.12. The summed E-state index contributed by atoms with van der Waals surface area (Å²) in [5, 5.41) is 16.7. The zero-order valence-corrected chi connectivity index (χ0v) is 19.6. The summed E-state index contributed by atoms with van der Waals surface area (Å²) in [5.74, 6) is -1.42. The van der Waals surface area contributed by atoms with Gasteiger partial charge in [-0.05, 0) is 29.8 Å². The van der Waals surface area contributed by atoms with E-state index in [2.05, 4.69) is 15.5 Å². The van der Waals surface area contributed by atoms with Gasteiger partial charge in [0.05, 0.1) is 16.2 Å². The first kappa shape index (κ1) is 24.7. The van der Waals surface area contributed by atoms with Crippen LogP contribution in [0.15, 0.2) is 59.5 Å². The lowest BCUT2D eigenvalue weighted by Gasteiger charge is -2.47. The summed E-state index contributed by atoms with van der Waals surface area (Å²) in [4.78, 5) is 58.3. The second kappa shape index (κ2) is 10.4. The number of benzene rings is 1. The van der Waals surface area contributed by atoms with E-state index in [4.69, 9.17) is 15.3 Å². The molecule has 0 aliphatic carbocycles. The van der Waals surface area contributed by atoms with Crippen LogP contribution in [0, 0.1) is 10.1 Å². The number of fused-ring (bicyclic) bond motifs is 1. The number of amides is 2. The number of carbonyl (C=O) groups is 3. The van der Waals surface area contributed by atoms with Gasteiger partial charge >= 0.3 is 5.97 Å². The van der Waals surface area contributed by atoms with Crippen LogP contribution < -0.4 is 11.1 Å². The fourth-order valence-electron chi connectivity index (χ4n) is 3.46. The minimum Gasteiger partial charge on any atom is -0.457 e. The number of nitrogens with two attached hydrogens (primary N) is 1. The minimum atomic E-state index is -0.834. The van der Waals surface area contributed by atoms with Gasteiger partial charge in [0.1, 0.15) is 25.1 Å². The van der Waals surface area contributed by atoms with E-state index in [-0.39, 0.29) is 35.0 Å². The van der Waals surface area contributed by atoms with Crippen molar-refractivity contribution < 1.29 is 28.9 Å². The van der Waals surface area contributed by atoms with Crippen LogP contribution in [0.2, 0.25) is 0 Å². The van der Waals surface area contributed by atoms with Crippen molar-refractivity contribution in [3.05, 3.63) is 75.7 Å². The first-order valence-corrected chi connectivity index (χ1v) is 11.5. The highest BCUT2D eigenvalue weighted by Crippen LogP contribution is 2.36. The largest absolute Gasteiger partial charge is 0.457 e. The summed E-state index contributed by atoms with van der Waals surface area (Å²) in [5.41, 5.74) is 6.98. The van der Waals surface area contributed by atoms with Crippen molar-refractivity contribution in [2.45, 2.75) is 18.0 Å². The number of carbonyl (C=O) groups excluding carboxylic acids is 3. The topological polar surface area (TPSA) is 179 Å². The number of nitrogen functional groups attached to an aromatic ring is 1. The normalized spacial score (nSPS) is 18.9. The molecule has 13 nitrogen and oxygen atoms in total. The van der Waals surface area contributed by atoms with Crippen molar-refractivity contribution in [1.82, 2.24) is 15.2 Å². The molecule has 1 unspecified atom stereocenters. The number of β-lactam (4-membered cyclic amide) rings is 1. The van der Waals surface area contributed by atoms with Crippen molar-refractivity contribution >= 4 is 46.6 Å². The highest BCUT2D eigenvalue weighted by molar-refractivity contribution is 8.00. The smallest absolute Gasteiger partial charge is 0.336 e. The molecule has 2 aromatic rings. The zero-order valence-electron chi connectivity index (χ0n) is 18.8. The van der Waals surface area contributed by atoms with Crippen LogP contribution in [0.5, 0.6) is 0 Å². The number of oxime groups is 1. The van der Waals surface area contributed by atoms with Gasteiger partial charge in [0.25, 0.3) is 17.5 Å². The first-order chi connectivity index (χ1) is 17.3. The van der Waals surface area contributed by atoms with Gasteiger partial charge in [-0.15, -0.1) is 11.8 Å². The number of nitro groups is 1. The molecule has 2 amide bonds. The Morgan fingerprint density at radius 2 is 2.08 bits per heavy atom. The number of thioether (sulfide) groups is 1. The molecule has 3 heterocycles. The summed E-state index contributed by atoms with van der Waals surface area (Å²) < 4.78 is 5.27. The molecule has 2 aliphatic rings. The van der Waals surface area contributed by atoms with E-state index in [9.17, 15) is 24.5 Å². The van der Waals surface area contributed by atoms with E-state index < -0.39 is 34.1 Å². The lowest BCUT2D eigenvalue weighted by atomic mass is 10.1. The molecule has 36 heavy (non-hydrogen) atoms. The molecule has 4 rings (SSSR count). The zero-order chi connectivity index (χ0) is 25.8. The molecule has 1 saturated heterocycles. The number of nitrogens with zero attached hydrogens (tertiary/aromatic N) is 4. The number of aromatic nitrogens is 1. The lowest BCUT2D eigenvalue weighted by Crippen LogP contribution is -2.69. The molecule has 2 aliphatic heterocycles. The van der Waals surface area contributed by atoms with Crippen molar-refractivity contribution in [3.8, 4) is 0 Å². The Bertz CT molecular complexity index is 1280. The van der Waals surface area contributed by atoms with Gasteiger partial charge in [0.2, 0.25) is 0 Å². The van der Waals surface area contributed by atoms with Crippen LogP contribution in [0.4, 0.5) is 11.4 Å². The van der Waals surface area contributed by atoms with Crippen molar-refractivity contribution in [2.24, 2.45) is 5.16 Å². The van der Waals surface area contributed by atoms with E-state index in [1.54, 1.807) is 6.07 Å². The number of hydrogen-bond acceptors (Lipinski definition) is 11. The highest BCUT2D eigenvalue weighted by atomic mass is 32.2. The number of ether oxygens (including phenoxy) is 1. The van der Waals surface area contributed by atoms with Crippen LogP contribution in [-0.4, -0.2) is 62.6 Å². The predicted molar refractivity (Wildman–Crippen MR) is 128 cm³/mol. The maximum absolute atomic E-state index is 12.8. The summed E-state index contributed by atoms with van der Waals surface area (Å²) >= 11 is 1.29. The molecule has 1 aromatic carbocycles. The van der Waals surface area contributed by atoms with Gasteiger partial charge in [0.15, 0.2) is 5.71 Å². The third-order valence-electron chi connectivity index (χ3n) is 5.27. The molecule has 186 valence electrons. The second-order valence-electron chi connectivity index (χ2n) is 7.65. The molecule has 0 bridgehead atoms. The number of rotatable bonds is 8. The van der Waals surface area contributed by atoms with E-state index in [1.165, 1.54) is 66.5 Å². The van der Waals surface area contributed by atoms with Crippen LogP contribution in [0.3, 0.4) is 0 Å². The van der Waals surface area contributed by atoms with E-state index in [0.717, 1.165) is 0 Å². The Morgan fingerprint density at radius 3 is 2.75 bits per heavy atom. The standard InChI is InChI=1S/C22H20N6O7S/c1-34-26-17(16-8-14(23)6-7-24-16)19(29)25-18-20(30)27-9-13(11-36-21(18)27)22(31)35-10-12-2-4-15(5-3-12)28(32)33/h2-9,18,21H,10-11H2,1H3,(H2,23,24)(H,25,29)/t18?,21-/m1/s1. The Kier molecular flexibility index (Phi) is 7.15. The molecule has 0 spiro atoms. The van der Waals surface area contributed by atoms with Crippen molar-refractivity contribution in [2.75, 3.05) is 18.6 Å². The minimum absolute atomic E-state index is 0.0646. The molecule has 0 radical (unpaired) electrons. The van der Waals surface area contributed by atoms with Crippen molar-refractivity contribution in [3.63, 3.8) is 0 Å². The quantitative estimate of drug-likeness (QED) is 0.170. The number of pyridine rings is 1. The SMILES string of the molecule is CON=C(C(=O)NC1C(=O)N2C=C(C(=O)OCc3ccc([N+](=O)[O-])cc3)CS[C@H]12)c1cc(N)ccn1. The fourth-order valence-corrected chi connectivity index (χ4v) is 4.71. The average Bonchev–Trinajstić information content (AvgIpc) is 2.88. The number of non-ortho nitro benzene ring substituents is 1. The lowest BCUT2D eigenvalue weighted by molar-refractivity contribution is -0.384. The number of hydrogen-bond donors (Lipinski definition) is 2. The van der Waals surface area contributed by atoms with Gasteiger partial charge in [-0.3, -0.25) is 24.7 Å². The summed E-state index contributed by atoms with van der Waals surface area (Å²) in [7, 11) is 1.28. The molecule has 3 N–H and O–H groups in total. The van der Waals surface area contributed by atoms with Crippen molar-refractivity contribution in [1.29, 1.82) is 0 Å². The summed E-state index contributed by atoms with van der Waals surface area (Å²) in [6.45, 7) is -0.0749. The maximum atomic E-state index is 12.8. The number of nitrogens with one attached hydrogen (secondary N) is 1. The monoisotopic (exact) mass is 512 g/mol. The van der Waals surface area contributed by atoms with Crippen LogP contribution in [0.1, 0.15) is 11.3 Å². The Labute approximate surface area is 208 Å². The first-order valence-electron chi connectivity index (χ1n) is 10.5. The molecule has 2 atom stereocenters. The predicted octanol–water partition coefficient (Wildman–Crippen LogP) is 0.950. The molecular weight excluding hydrogens is 492 g/mol. The van der Waals surface area contributed by atoms with E-state index in [1.807, 2.05) is 0 Å². The molecule has 0 saturated carbocycles. The van der Waals surface area contributed by atoms with E-state index in [0.29, 0.717) is 11.3 Å². The van der Waals surface area contributed by atoms with Gasteiger partial charge in [-0.1, -0.05) is 5.16 Å². The molecule has 14 heteroatoms.